The third-order valence-electron chi connectivity index (χ3n) is 3.67. The topological polar surface area (TPSA) is 3.24 Å². The molecule has 2 saturated heterocycles. The first-order valence-corrected chi connectivity index (χ1v) is 5.62. The Balaban J connectivity index is 2.22. The molecule has 0 saturated carbocycles. The van der Waals surface area contributed by atoms with Crippen molar-refractivity contribution in [1.82, 2.24) is 4.90 Å². The maximum absolute atomic E-state index is 13.4. The zero-order valence-corrected chi connectivity index (χ0v) is 9.22. The van der Waals surface area contributed by atoms with Gasteiger partial charge in [-0.1, -0.05) is 26.0 Å². The van der Waals surface area contributed by atoms with Crippen LogP contribution in [0.4, 0.5) is 4.39 Å². The van der Waals surface area contributed by atoms with Crippen molar-refractivity contribution in [1.29, 1.82) is 0 Å². The molecule has 0 spiro atoms. The molecule has 14 heavy (non-hydrogen) atoms. The Hall–Kier alpha value is -0.370. The van der Waals surface area contributed by atoms with Crippen molar-refractivity contribution < 1.29 is 4.39 Å². The molecule has 0 aromatic heterocycles. The van der Waals surface area contributed by atoms with Crippen molar-refractivity contribution >= 4 is 0 Å². The average molecular weight is 197 g/mol. The third-order valence-corrected chi connectivity index (χ3v) is 3.67. The van der Waals surface area contributed by atoms with Gasteiger partial charge in [0.05, 0.1) is 0 Å². The number of hydrogen-bond acceptors (Lipinski definition) is 1. The fourth-order valence-electron chi connectivity index (χ4n) is 3.18. The minimum atomic E-state index is -0.634. The normalized spacial score (nSPS) is 38.3. The van der Waals surface area contributed by atoms with Gasteiger partial charge >= 0.3 is 0 Å². The molecular formula is C12H20FN. The van der Waals surface area contributed by atoms with E-state index in [1.165, 1.54) is 5.57 Å². The lowest BCUT2D eigenvalue weighted by atomic mass is 9.82. The van der Waals surface area contributed by atoms with Crippen molar-refractivity contribution in [2.45, 2.75) is 44.8 Å². The Labute approximate surface area is 86.0 Å². The highest BCUT2D eigenvalue weighted by molar-refractivity contribution is 5.26. The number of rotatable bonds is 2. The van der Waals surface area contributed by atoms with E-state index in [4.69, 9.17) is 0 Å². The van der Waals surface area contributed by atoms with Gasteiger partial charge in [0.1, 0.15) is 6.17 Å². The van der Waals surface area contributed by atoms with Crippen LogP contribution >= 0.6 is 0 Å². The van der Waals surface area contributed by atoms with Gasteiger partial charge in [-0.25, -0.2) is 4.39 Å². The first-order valence-electron chi connectivity index (χ1n) is 5.62. The second kappa shape index (κ2) is 3.34. The van der Waals surface area contributed by atoms with Gasteiger partial charge in [-0.3, -0.25) is 4.90 Å². The van der Waals surface area contributed by atoms with Crippen LogP contribution in [0, 0.1) is 5.92 Å². The molecule has 2 rings (SSSR count). The van der Waals surface area contributed by atoms with Gasteiger partial charge in [0.2, 0.25) is 0 Å². The molecule has 2 heteroatoms. The van der Waals surface area contributed by atoms with Crippen LogP contribution in [-0.4, -0.2) is 29.7 Å². The molecule has 2 heterocycles. The molecule has 2 aliphatic heterocycles. The molecule has 0 amide bonds. The molecule has 2 aliphatic rings. The molecular weight excluding hydrogens is 177 g/mol. The van der Waals surface area contributed by atoms with E-state index in [-0.39, 0.29) is 5.54 Å². The fourth-order valence-corrected chi connectivity index (χ4v) is 3.18. The van der Waals surface area contributed by atoms with Crippen LogP contribution in [0.15, 0.2) is 12.2 Å². The van der Waals surface area contributed by atoms with Crippen molar-refractivity contribution in [3.63, 3.8) is 0 Å². The summed E-state index contributed by atoms with van der Waals surface area (Å²) < 4.78 is 13.4. The average Bonchev–Trinajstić information content (AvgIpc) is 2.49. The van der Waals surface area contributed by atoms with Crippen LogP contribution in [-0.2, 0) is 0 Å². The van der Waals surface area contributed by atoms with E-state index in [9.17, 15) is 4.39 Å². The molecule has 0 bridgehead atoms. The van der Waals surface area contributed by atoms with Crippen LogP contribution in [0.3, 0.4) is 0 Å². The first kappa shape index (κ1) is 10.2. The van der Waals surface area contributed by atoms with E-state index in [0.717, 1.165) is 19.4 Å². The van der Waals surface area contributed by atoms with E-state index in [0.29, 0.717) is 18.9 Å². The van der Waals surface area contributed by atoms with Crippen molar-refractivity contribution in [2.75, 3.05) is 13.1 Å². The largest absolute Gasteiger partial charge is 0.291 e. The number of fused-ring (bicyclic) bond motifs is 1. The van der Waals surface area contributed by atoms with Crippen LogP contribution in [0.25, 0.3) is 0 Å². The zero-order chi connectivity index (χ0) is 10.3. The van der Waals surface area contributed by atoms with Gasteiger partial charge in [0.15, 0.2) is 0 Å². The minimum Gasteiger partial charge on any atom is -0.291 e. The van der Waals surface area contributed by atoms with Crippen LogP contribution in [0.1, 0.15) is 33.1 Å². The van der Waals surface area contributed by atoms with Gasteiger partial charge in [-0.05, 0) is 18.8 Å². The quantitative estimate of drug-likeness (QED) is 0.615. The highest BCUT2D eigenvalue weighted by atomic mass is 19.1. The summed E-state index contributed by atoms with van der Waals surface area (Å²) in [5.41, 5.74) is 1.29. The van der Waals surface area contributed by atoms with Crippen molar-refractivity contribution in [2.24, 2.45) is 5.92 Å². The monoisotopic (exact) mass is 197 g/mol. The lowest BCUT2D eigenvalue weighted by molar-refractivity contribution is 0.191. The summed E-state index contributed by atoms with van der Waals surface area (Å²) in [6.07, 6.45) is 2.20. The molecule has 0 N–H and O–H groups in total. The summed E-state index contributed by atoms with van der Waals surface area (Å²) in [5.74, 6) is 0.623. The lowest BCUT2D eigenvalue weighted by Gasteiger charge is -2.34. The summed E-state index contributed by atoms with van der Waals surface area (Å²) in [4.78, 5) is 2.32. The van der Waals surface area contributed by atoms with Crippen LogP contribution < -0.4 is 0 Å². The molecule has 0 unspecified atom stereocenters. The van der Waals surface area contributed by atoms with E-state index in [1.54, 1.807) is 0 Å². The molecule has 0 aromatic carbocycles. The number of halogens is 1. The predicted octanol–water partition coefficient (Wildman–Crippen LogP) is 2.78. The fraction of sp³-hybridized carbons (Fsp3) is 0.833. The minimum absolute atomic E-state index is 0.0214. The Morgan fingerprint density at radius 3 is 3.00 bits per heavy atom. The molecule has 80 valence electrons. The smallest absolute Gasteiger partial charge is 0.115 e. The second-order valence-electron chi connectivity index (χ2n) is 5.23. The summed E-state index contributed by atoms with van der Waals surface area (Å²) >= 11 is 0. The SMILES string of the molecule is C=C1CCN2C[C@H](F)C[C@]12CC(C)C. The highest BCUT2D eigenvalue weighted by Gasteiger charge is 2.50. The summed E-state index contributed by atoms with van der Waals surface area (Å²) in [6.45, 7) is 10.2. The van der Waals surface area contributed by atoms with Gasteiger partial charge in [0, 0.05) is 25.0 Å². The molecule has 2 fully saturated rings. The van der Waals surface area contributed by atoms with Crippen molar-refractivity contribution in [3.05, 3.63) is 12.2 Å². The summed E-state index contributed by atoms with van der Waals surface area (Å²) in [5, 5.41) is 0. The first-order chi connectivity index (χ1) is 6.54. The van der Waals surface area contributed by atoms with Gasteiger partial charge in [0.25, 0.3) is 0 Å². The van der Waals surface area contributed by atoms with Crippen LogP contribution in [0.5, 0.6) is 0 Å². The summed E-state index contributed by atoms with van der Waals surface area (Å²) in [6, 6.07) is 0. The van der Waals surface area contributed by atoms with Gasteiger partial charge < -0.3 is 0 Å². The zero-order valence-electron chi connectivity index (χ0n) is 9.22. The third kappa shape index (κ3) is 1.40. The Morgan fingerprint density at radius 1 is 1.64 bits per heavy atom. The second-order valence-corrected chi connectivity index (χ2v) is 5.23. The van der Waals surface area contributed by atoms with Gasteiger partial charge in [-0.2, -0.15) is 0 Å². The predicted molar refractivity (Wildman–Crippen MR) is 57.0 cm³/mol. The maximum Gasteiger partial charge on any atom is 0.115 e. The van der Waals surface area contributed by atoms with Gasteiger partial charge in [-0.15, -0.1) is 0 Å². The molecule has 0 radical (unpaired) electrons. The molecule has 0 aliphatic carbocycles. The highest BCUT2D eigenvalue weighted by Crippen LogP contribution is 2.46. The Morgan fingerprint density at radius 2 is 2.36 bits per heavy atom. The van der Waals surface area contributed by atoms with E-state index < -0.39 is 6.17 Å². The molecule has 0 aromatic rings. The van der Waals surface area contributed by atoms with Crippen LogP contribution in [0.2, 0.25) is 0 Å². The standard InChI is InChI=1S/C12H20FN/c1-9(2)6-12-7-11(13)8-14(12)5-4-10(12)3/h9,11H,3-8H2,1-2H3/t11-,12-/m1/s1. The molecule has 2 atom stereocenters. The van der Waals surface area contributed by atoms with E-state index in [1.807, 2.05) is 0 Å². The lowest BCUT2D eigenvalue weighted by Crippen LogP contribution is -2.40. The van der Waals surface area contributed by atoms with E-state index in [2.05, 4.69) is 25.3 Å². The number of alkyl halides is 1. The van der Waals surface area contributed by atoms with Crippen molar-refractivity contribution in [3.8, 4) is 0 Å². The Bertz CT molecular complexity index is 249. The maximum atomic E-state index is 13.4. The molecule has 1 nitrogen and oxygen atoms in total. The number of nitrogens with zero attached hydrogens (tertiary/aromatic N) is 1. The number of hydrogen-bond donors (Lipinski definition) is 0. The van der Waals surface area contributed by atoms with E-state index >= 15 is 0 Å². The summed E-state index contributed by atoms with van der Waals surface area (Å²) in [7, 11) is 0. The Kier molecular flexibility index (Phi) is 2.42.